The van der Waals surface area contributed by atoms with Crippen LogP contribution in [-0.4, -0.2) is 4.98 Å². The van der Waals surface area contributed by atoms with Crippen molar-refractivity contribution in [2.24, 2.45) is 0 Å². The van der Waals surface area contributed by atoms with Gasteiger partial charge < -0.3 is 5.73 Å². The van der Waals surface area contributed by atoms with E-state index in [1.165, 1.54) is 23.4 Å². The van der Waals surface area contributed by atoms with Crippen molar-refractivity contribution < 1.29 is 0 Å². The van der Waals surface area contributed by atoms with Gasteiger partial charge in [0.2, 0.25) is 0 Å². The summed E-state index contributed by atoms with van der Waals surface area (Å²) in [5.41, 5.74) is 7.24. The van der Waals surface area contributed by atoms with Gasteiger partial charge in [-0.2, -0.15) is 0 Å². The molecule has 0 fully saturated rings. The maximum absolute atomic E-state index is 5.69. The number of hydrogen-bond donors (Lipinski definition) is 1. The molecule has 0 aliphatic heterocycles. The van der Waals surface area contributed by atoms with Crippen LogP contribution in [0.4, 0.5) is 5.13 Å². The minimum atomic E-state index is 0.308. The van der Waals surface area contributed by atoms with Crippen LogP contribution in [0.1, 0.15) is 37.3 Å². The number of nitrogen functional groups attached to an aromatic ring is 1. The van der Waals surface area contributed by atoms with E-state index in [1.807, 2.05) is 0 Å². The minimum Gasteiger partial charge on any atom is -0.375 e. The van der Waals surface area contributed by atoms with Gasteiger partial charge in [0.15, 0.2) is 5.13 Å². The molecular weight excluding hydrogens is 168 g/mol. The molecule has 2 nitrogen and oxygen atoms in total. The molecular formula is C9H14N2S. The third kappa shape index (κ3) is 1.12. The van der Waals surface area contributed by atoms with Crippen molar-refractivity contribution in [3.05, 3.63) is 10.6 Å². The van der Waals surface area contributed by atoms with Gasteiger partial charge in [-0.25, -0.2) is 4.98 Å². The molecule has 12 heavy (non-hydrogen) atoms. The van der Waals surface area contributed by atoms with E-state index in [0.717, 1.165) is 11.6 Å². The van der Waals surface area contributed by atoms with Crippen LogP contribution in [0.15, 0.2) is 0 Å². The summed E-state index contributed by atoms with van der Waals surface area (Å²) in [5.74, 6) is 0. The van der Waals surface area contributed by atoms with Crippen LogP contribution in [0.2, 0.25) is 0 Å². The molecule has 0 amide bonds. The second-order valence-corrected chi connectivity index (χ2v) is 5.10. The van der Waals surface area contributed by atoms with Gasteiger partial charge in [-0.15, -0.1) is 11.3 Å². The number of rotatable bonds is 0. The van der Waals surface area contributed by atoms with Crippen molar-refractivity contribution >= 4 is 16.5 Å². The van der Waals surface area contributed by atoms with E-state index < -0.39 is 0 Å². The highest BCUT2D eigenvalue weighted by Crippen LogP contribution is 2.40. The van der Waals surface area contributed by atoms with Crippen molar-refractivity contribution in [1.29, 1.82) is 0 Å². The lowest BCUT2D eigenvalue weighted by atomic mass is 9.80. The second kappa shape index (κ2) is 2.46. The summed E-state index contributed by atoms with van der Waals surface area (Å²) in [6.45, 7) is 4.56. The van der Waals surface area contributed by atoms with E-state index in [-0.39, 0.29) is 0 Å². The van der Waals surface area contributed by atoms with Gasteiger partial charge in [0, 0.05) is 10.3 Å². The van der Waals surface area contributed by atoms with Crippen LogP contribution in [-0.2, 0) is 11.8 Å². The Balaban J connectivity index is 2.51. The molecule has 0 spiro atoms. The van der Waals surface area contributed by atoms with Gasteiger partial charge in [-0.1, -0.05) is 13.8 Å². The molecule has 0 unspecified atom stereocenters. The number of thiazole rings is 1. The van der Waals surface area contributed by atoms with Crippen LogP contribution in [0.5, 0.6) is 0 Å². The Morgan fingerprint density at radius 3 is 2.92 bits per heavy atom. The van der Waals surface area contributed by atoms with Crippen LogP contribution in [0.3, 0.4) is 0 Å². The fourth-order valence-electron chi connectivity index (χ4n) is 1.88. The van der Waals surface area contributed by atoms with Crippen molar-refractivity contribution in [1.82, 2.24) is 4.98 Å². The maximum Gasteiger partial charge on any atom is 0.180 e. The Hall–Kier alpha value is -0.570. The average molecular weight is 182 g/mol. The molecule has 1 aliphatic carbocycles. The van der Waals surface area contributed by atoms with E-state index in [4.69, 9.17) is 5.73 Å². The molecule has 3 heteroatoms. The van der Waals surface area contributed by atoms with E-state index in [0.29, 0.717) is 5.41 Å². The van der Waals surface area contributed by atoms with Gasteiger partial charge in [-0.05, 0) is 19.3 Å². The van der Waals surface area contributed by atoms with Gasteiger partial charge in [0.25, 0.3) is 0 Å². The smallest absolute Gasteiger partial charge is 0.180 e. The number of fused-ring (bicyclic) bond motifs is 1. The van der Waals surface area contributed by atoms with Crippen molar-refractivity contribution in [3.8, 4) is 0 Å². The Labute approximate surface area is 76.8 Å². The van der Waals surface area contributed by atoms with E-state index in [9.17, 15) is 0 Å². The molecule has 1 aliphatic rings. The number of aromatic nitrogens is 1. The fourth-order valence-corrected chi connectivity index (χ4v) is 2.89. The van der Waals surface area contributed by atoms with Crippen molar-refractivity contribution in [2.45, 2.75) is 38.5 Å². The number of hydrogen-bond acceptors (Lipinski definition) is 3. The lowest BCUT2D eigenvalue weighted by molar-refractivity contribution is 0.438. The third-order valence-electron chi connectivity index (χ3n) is 2.54. The Morgan fingerprint density at radius 2 is 2.25 bits per heavy atom. The number of nitrogens with zero attached hydrogens (tertiary/aromatic N) is 1. The summed E-state index contributed by atoms with van der Waals surface area (Å²) < 4.78 is 0. The maximum atomic E-state index is 5.69. The third-order valence-corrected chi connectivity index (χ3v) is 3.84. The summed E-state index contributed by atoms with van der Waals surface area (Å²) in [7, 11) is 0. The summed E-state index contributed by atoms with van der Waals surface area (Å²) in [6.07, 6.45) is 3.64. The normalized spacial score (nSPS) is 20.5. The molecule has 66 valence electrons. The van der Waals surface area contributed by atoms with Gasteiger partial charge >= 0.3 is 0 Å². The standard InChI is InChI=1S/C9H14N2S/c1-9(2)5-3-4-6-7(9)12-8(10)11-6/h3-5H2,1-2H3,(H2,10,11). The summed E-state index contributed by atoms with van der Waals surface area (Å²) in [4.78, 5) is 5.75. The molecule has 1 heterocycles. The van der Waals surface area contributed by atoms with E-state index in [1.54, 1.807) is 11.3 Å². The molecule has 0 atom stereocenters. The van der Waals surface area contributed by atoms with Crippen LogP contribution >= 0.6 is 11.3 Å². The molecule has 0 saturated carbocycles. The van der Waals surface area contributed by atoms with E-state index in [2.05, 4.69) is 18.8 Å². The van der Waals surface area contributed by atoms with Gasteiger partial charge in [0.1, 0.15) is 0 Å². The molecule has 0 aromatic carbocycles. The molecule has 2 N–H and O–H groups in total. The zero-order chi connectivity index (χ0) is 8.77. The lowest BCUT2D eigenvalue weighted by Gasteiger charge is -2.28. The topological polar surface area (TPSA) is 38.9 Å². The fraction of sp³-hybridized carbons (Fsp3) is 0.667. The first-order chi connectivity index (χ1) is 5.59. The SMILES string of the molecule is CC1(C)CCCc2nc(N)sc21. The average Bonchev–Trinajstić information content (AvgIpc) is 2.30. The van der Waals surface area contributed by atoms with Gasteiger partial charge in [-0.3, -0.25) is 0 Å². The first-order valence-electron chi connectivity index (χ1n) is 4.35. The Bertz CT molecular complexity index is 301. The van der Waals surface area contributed by atoms with Crippen LogP contribution in [0.25, 0.3) is 0 Å². The lowest BCUT2D eigenvalue weighted by Crippen LogP contribution is -2.21. The summed E-state index contributed by atoms with van der Waals surface area (Å²) >= 11 is 1.66. The van der Waals surface area contributed by atoms with Crippen molar-refractivity contribution in [2.75, 3.05) is 5.73 Å². The molecule has 1 aromatic heterocycles. The number of nitrogens with two attached hydrogens (primary N) is 1. The summed E-state index contributed by atoms with van der Waals surface area (Å²) in [6, 6.07) is 0. The van der Waals surface area contributed by atoms with Gasteiger partial charge in [0.05, 0.1) is 5.69 Å². The minimum absolute atomic E-state index is 0.308. The zero-order valence-electron chi connectivity index (χ0n) is 7.55. The monoisotopic (exact) mass is 182 g/mol. The Morgan fingerprint density at radius 1 is 1.50 bits per heavy atom. The highest BCUT2D eigenvalue weighted by Gasteiger charge is 2.30. The summed E-state index contributed by atoms with van der Waals surface area (Å²) in [5, 5.41) is 0.731. The van der Waals surface area contributed by atoms with E-state index >= 15 is 0 Å². The largest absolute Gasteiger partial charge is 0.375 e. The number of aryl methyl sites for hydroxylation is 1. The highest BCUT2D eigenvalue weighted by molar-refractivity contribution is 7.15. The Kier molecular flexibility index (Phi) is 1.65. The zero-order valence-corrected chi connectivity index (χ0v) is 8.37. The highest BCUT2D eigenvalue weighted by atomic mass is 32.1. The predicted octanol–water partition coefficient (Wildman–Crippen LogP) is 2.34. The molecule has 0 saturated heterocycles. The van der Waals surface area contributed by atoms with Crippen LogP contribution < -0.4 is 5.73 Å². The molecule has 2 rings (SSSR count). The second-order valence-electron chi connectivity index (χ2n) is 4.07. The molecule has 1 aromatic rings. The first kappa shape index (κ1) is 8.05. The quantitative estimate of drug-likeness (QED) is 0.669. The number of anilines is 1. The van der Waals surface area contributed by atoms with Crippen LogP contribution in [0, 0.1) is 0 Å². The van der Waals surface area contributed by atoms with Crippen molar-refractivity contribution in [3.63, 3.8) is 0 Å². The molecule has 0 bridgehead atoms. The predicted molar refractivity (Wildman–Crippen MR) is 52.5 cm³/mol. The first-order valence-corrected chi connectivity index (χ1v) is 5.17. The molecule has 0 radical (unpaired) electrons.